The number of carbonyl (C=O) groups is 1. The average molecular weight is 488 g/mol. The molecule has 0 radical (unpaired) electrons. The zero-order chi connectivity index (χ0) is 21.5. The molecule has 4 aliphatic carbocycles. The third-order valence-corrected chi connectivity index (χ3v) is 7.14. The molecule has 2 bridgehead atoms. The number of primary amides is 1. The molecule has 1 amide bonds. The highest BCUT2D eigenvalue weighted by molar-refractivity contribution is 9.10. The number of aromatic nitrogens is 2. The maximum atomic E-state index is 13.7. The Bertz CT molecular complexity index is 1050. The van der Waals surface area contributed by atoms with Crippen LogP contribution in [0.15, 0.2) is 22.7 Å². The van der Waals surface area contributed by atoms with Gasteiger partial charge in [0.1, 0.15) is 11.9 Å². The van der Waals surface area contributed by atoms with Gasteiger partial charge < -0.3 is 10.5 Å². The Kier molecular flexibility index (Phi) is 4.19. The summed E-state index contributed by atoms with van der Waals surface area (Å²) in [4.78, 5) is 11.6. The van der Waals surface area contributed by atoms with Crippen LogP contribution in [0.4, 0.5) is 17.6 Å². The van der Waals surface area contributed by atoms with E-state index in [1.54, 1.807) is 0 Å². The molecule has 10 heteroatoms. The molecule has 0 spiro atoms. The second-order valence-corrected chi connectivity index (χ2v) is 9.43. The monoisotopic (exact) mass is 487 g/mol. The first kappa shape index (κ1) is 20.0. The Morgan fingerprint density at radius 1 is 1.30 bits per heavy atom. The SMILES string of the molecule is NC(=O)C12CC(OC3CCCc4c(C(F)(F)F)nn(-c5ccc(F)c(Br)c5)c43)(C1)C2. The summed E-state index contributed by atoms with van der Waals surface area (Å²) >= 11 is 3.08. The molecule has 160 valence electrons. The Balaban J connectivity index is 1.55. The van der Waals surface area contributed by atoms with Crippen LogP contribution in [0.2, 0.25) is 0 Å². The van der Waals surface area contributed by atoms with Gasteiger partial charge in [0.2, 0.25) is 5.91 Å². The topological polar surface area (TPSA) is 70.1 Å². The van der Waals surface area contributed by atoms with Crippen LogP contribution in [0.5, 0.6) is 0 Å². The van der Waals surface area contributed by atoms with Gasteiger partial charge in [-0.2, -0.15) is 18.3 Å². The first-order valence-electron chi connectivity index (χ1n) is 9.66. The van der Waals surface area contributed by atoms with Gasteiger partial charge in [0, 0.05) is 5.56 Å². The van der Waals surface area contributed by atoms with Crippen molar-refractivity contribution in [1.82, 2.24) is 9.78 Å². The second-order valence-electron chi connectivity index (χ2n) is 8.58. The average Bonchev–Trinajstić information content (AvgIpc) is 2.99. The summed E-state index contributed by atoms with van der Waals surface area (Å²) in [5, 5.41) is 3.88. The van der Waals surface area contributed by atoms with Crippen molar-refractivity contribution in [3.63, 3.8) is 0 Å². The molecule has 3 fully saturated rings. The number of nitrogens with two attached hydrogens (primary N) is 1. The molecule has 1 atom stereocenters. The van der Waals surface area contributed by atoms with Gasteiger partial charge in [-0.15, -0.1) is 0 Å². The number of benzene rings is 1. The van der Waals surface area contributed by atoms with Crippen molar-refractivity contribution in [2.24, 2.45) is 11.1 Å². The number of fused-ring (bicyclic) bond motifs is 1. The van der Waals surface area contributed by atoms with Crippen LogP contribution in [-0.2, 0) is 22.1 Å². The highest BCUT2D eigenvalue weighted by Crippen LogP contribution is 2.70. The maximum absolute atomic E-state index is 13.7. The molecular weight excluding hydrogens is 470 g/mol. The lowest BCUT2D eigenvalue weighted by atomic mass is 9.40. The predicted molar refractivity (Wildman–Crippen MR) is 101 cm³/mol. The fraction of sp³-hybridized carbons (Fsp3) is 0.500. The molecule has 1 aromatic carbocycles. The molecule has 1 heterocycles. The summed E-state index contributed by atoms with van der Waals surface area (Å²) in [6.45, 7) is 0. The molecule has 2 N–H and O–H groups in total. The maximum Gasteiger partial charge on any atom is 0.435 e. The summed E-state index contributed by atoms with van der Waals surface area (Å²) in [7, 11) is 0. The van der Waals surface area contributed by atoms with Gasteiger partial charge in [0.05, 0.1) is 26.9 Å². The van der Waals surface area contributed by atoms with Crippen molar-refractivity contribution in [1.29, 1.82) is 0 Å². The Morgan fingerprint density at radius 3 is 2.60 bits per heavy atom. The lowest BCUT2D eigenvalue weighted by molar-refractivity contribution is -0.293. The third-order valence-electron chi connectivity index (χ3n) is 6.53. The molecule has 1 unspecified atom stereocenters. The molecule has 6 rings (SSSR count). The molecule has 1 aromatic heterocycles. The molecule has 0 aliphatic heterocycles. The summed E-state index contributed by atoms with van der Waals surface area (Å²) in [6.07, 6.45) is -2.37. The van der Waals surface area contributed by atoms with Crippen LogP contribution >= 0.6 is 15.9 Å². The first-order chi connectivity index (χ1) is 14.0. The third kappa shape index (κ3) is 2.83. The summed E-state index contributed by atoms with van der Waals surface area (Å²) < 4.78 is 62.4. The number of hydrogen-bond acceptors (Lipinski definition) is 3. The number of carbonyl (C=O) groups excluding carboxylic acids is 1. The van der Waals surface area contributed by atoms with E-state index in [9.17, 15) is 22.4 Å². The molecule has 0 saturated heterocycles. The van der Waals surface area contributed by atoms with Crippen molar-refractivity contribution >= 4 is 21.8 Å². The van der Waals surface area contributed by atoms with Crippen molar-refractivity contribution in [2.75, 3.05) is 0 Å². The Morgan fingerprint density at radius 2 is 2.00 bits per heavy atom. The molecule has 2 aromatic rings. The quantitative estimate of drug-likeness (QED) is 0.640. The van der Waals surface area contributed by atoms with Crippen LogP contribution < -0.4 is 5.73 Å². The largest absolute Gasteiger partial charge is 0.435 e. The van der Waals surface area contributed by atoms with E-state index in [1.165, 1.54) is 22.9 Å². The standard InChI is InChI=1S/C20H18BrF4N3O2/c21-12-6-10(4-5-13(12)22)28-15-11(16(27-28)20(23,24)25)2-1-3-14(15)30-19-7-18(8-19,9-19)17(26)29/h4-6,14H,1-3,7-9H2,(H2,26,29). The van der Waals surface area contributed by atoms with E-state index in [4.69, 9.17) is 10.5 Å². The van der Waals surface area contributed by atoms with E-state index >= 15 is 0 Å². The number of alkyl halides is 3. The predicted octanol–water partition coefficient (Wildman–Crippen LogP) is 4.59. The van der Waals surface area contributed by atoms with E-state index in [1.807, 2.05) is 0 Å². The number of ether oxygens (including phenoxy) is 1. The van der Waals surface area contributed by atoms with Gasteiger partial charge in [-0.05, 0) is 72.7 Å². The van der Waals surface area contributed by atoms with Crippen LogP contribution in [0, 0.1) is 11.2 Å². The summed E-state index contributed by atoms with van der Waals surface area (Å²) in [5.41, 5.74) is 4.28. The van der Waals surface area contributed by atoms with Gasteiger partial charge in [-0.3, -0.25) is 4.79 Å². The van der Waals surface area contributed by atoms with Crippen LogP contribution in [-0.4, -0.2) is 21.3 Å². The van der Waals surface area contributed by atoms with Gasteiger partial charge in [0.15, 0.2) is 5.69 Å². The zero-order valence-corrected chi connectivity index (χ0v) is 17.3. The minimum absolute atomic E-state index is 0.121. The van der Waals surface area contributed by atoms with Crippen molar-refractivity contribution in [2.45, 2.75) is 56.4 Å². The highest BCUT2D eigenvalue weighted by atomic mass is 79.9. The minimum Gasteiger partial charge on any atom is -0.369 e. The van der Waals surface area contributed by atoms with Gasteiger partial charge in [-0.25, -0.2) is 9.07 Å². The number of halogens is 5. The van der Waals surface area contributed by atoms with Crippen LogP contribution in [0.25, 0.3) is 5.69 Å². The van der Waals surface area contributed by atoms with E-state index < -0.39 is 34.8 Å². The van der Waals surface area contributed by atoms with E-state index in [0.29, 0.717) is 43.5 Å². The van der Waals surface area contributed by atoms with Crippen molar-refractivity contribution < 1.29 is 27.1 Å². The van der Waals surface area contributed by atoms with E-state index in [0.717, 1.165) is 0 Å². The number of amides is 1. The fourth-order valence-electron chi connectivity index (χ4n) is 5.18. The molecular formula is C20H18BrF4N3O2. The molecule has 5 nitrogen and oxygen atoms in total. The number of rotatable bonds is 4. The number of hydrogen-bond donors (Lipinski definition) is 1. The van der Waals surface area contributed by atoms with Crippen molar-refractivity contribution in [3.8, 4) is 5.69 Å². The summed E-state index contributed by atoms with van der Waals surface area (Å²) in [5.74, 6) is -0.868. The van der Waals surface area contributed by atoms with Gasteiger partial charge in [-0.1, -0.05) is 0 Å². The lowest BCUT2D eigenvalue weighted by Crippen LogP contribution is -2.72. The summed E-state index contributed by atoms with van der Waals surface area (Å²) in [6, 6.07) is 3.97. The highest BCUT2D eigenvalue weighted by Gasteiger charge is 2.72. The molecule has 4 aliphatic rings. The Hall–Kier alpha value is -1.94. The van der Waals surface area contributed by atoms with Crippen molar-refractivity contribution in [3.05, 3.63) is 45.4 Å². The van der Waals surface area contributed by atoms with E-state index in [-0.39, 0.29) is 22.4 Å². The Labute approximate surface area is 177 Å². The van der Waals surface area contributed by atoms with E-state index in [2.05, 4.69) is 21.0 Å². The molecule has 30 heavy (non-hydrogen) atoms. The lowest BCUT2D eigenvalue weighted by Gasteiger charge is -2.68. The normalized spacial score (nSPS) is 29.7. The van der Waals surface area contributed by atoms with Gasteiger partial charge >= 0.3 is 6.18 Å². The van der Waals surface area contributed by atoms with Crippen LogP contribution in [0.1, 0.15) is 55.2 Å². The fourth-order valence-corrected chi connectivity index (χ4v) is 5.55. The van der Waals surface area contributed by atoms with Crippen LogP contribution in [0.3, 0.4) is 0 Å². The first-order valence-corrected chi connectivity index (χ1v) is 10.5. The smallest absolute Gasteiger partial charge is 0.369 e. The minimum atomic E-state index is -4.61. The number of nitrogens with zero attached hydrogens (tertiary/aromatic N) is 2. The zero-order valence-electron chi connectivity index (χ0n) is 15.7. The van der Waals surface area contributed by atoms with Gasteiger partial charge in [0.25, 0.3) is 0 Å². The second kappa shape index (κ2) is 6.29. The molecule has 3 saturated carbocycles.